The molecule has 0 saturated carbocycles. The highest BCUT2D eigenvalue weighted by atomic mass is 79.9. The molecule has 0 aliphatic carbocycles. The first-order valence-electron chi connectivity index (χ1n) is 5.31. The van der Waals surface area contributed by atoms with Crippen molar-refractivity contribution in [3.05, 3.63) is 44.1 Å². The van der Waals surface area contributed by atoms with Crippen LogP contribution in [0.5, 0.6) is 0 Å². The fraction of sp³-hybridized carbons (Fsp3) is 0.273. The van der Waals surface area contributed by atoms with E-state index in [0.29, 0.717) is 4.47 Å². The second-order valence-electron chi connectivity index (χ2n) is 4.03. The molecule has 2 rings (SSSR count). The molecule has 2 aromatic rings. The molecule has 108 valence electrons. The number of aliphatic hydroxyl groups excluding tert-OH is 1. The van der Waals surface area contributed by atoms with Crippen molar-refractivity contribution in [2.24, 2.45) is 7.05 Å². The van der Waals surface area contributed by atoms with E-state index in [2.05, 4.69) is 42.2 Å². The SMILES string of the molecule is Cn1nnc(Br)c1C(O)c1cc(C(F)(F)F)ccc1Br. The Kier molecular flexibility index (Phi) is 4.22. The zero-order chi connectivity index (χ0) is 15.1. The van der Waals surface area contributed by atoms with Gasteiger partial charge in [-0.2, -0.15) is 13.2 Å². The number of rotatable bonds is 2. The Balaban J connectivity index is 2.52. The molecule has 0 fully saturated rings. The van der Waals surface area contributed by atoms with Crippen molar-refractivity contribution >= 4 is 31.9 Å². The topological polar surface area (TPSA) is 50.9 Å². The zero-order valence-electron chi connectivity index (χ0n) is 9.99. The first-order valence-corrected chi connectivity index (χ1v) is 6.90. The first-order chi connectivity index (χ1) is 9.21. The maximum absolute atomic E-state index is 12.7. The Morgan fingerprint density at radius 3 is 2.45 bits per heavy atom. The van der Waals surface area contributed by atoms with E-state index < -0.39 is 17.8 Å². The summed E-state index contributed by atoms with van der Waals surface area (Å²) in [7, 11) is 1.54. The molecule has 0 spiro atoms. The minimum Gasteiger partial charge on any atom is -0.382 e. The van der Waals surface area contributed by atoms with Crippen molar-refractivity contribution in [1.29, 1.82) is 0 Å². The summed E-state index contributed by atoms with van der Waals surface area (Å²) in [4.78, 5) is 0. The highest BCUT2D eigenvalue weighted by Crippen LogP contribution is 2.36. The quantitative estimate of drug-likeness (QED) is 0.818. The summed E-state index contributed by atoms with van der Waals surface area (Å²) in [5.74, 6) is 0. The van der Waals surface area contributed by atoms with Gasteiger partial charge < -0.3 is 5.11 Å². The molecule has 1 N–H and O–H groups in total. The maximum atomic E-state index is 12.7. The fourth-order valence-corrected chi connectivity index (χ4v) is 2.71. The smallest absolute Gasteiger partial charge is 0.382 e. The Labute approximate surface area is 128 Å². The lowest BCUT2D eigenvalue weighted by Crippen LogP contribution is -2.11. The van der Waals surface area contributed by atoms with Gasteiger partial charge in [0.05, 0.1) is 5.56 Å². The third kappa shape index (κ3) is 2.89. The number of aryl methyl sites for hydroxylation is 1. The Bertz CT molecular complexity index is 623. The van der Waals surface area contributed by atoms with Crippen LogP contribution in [0.3, 0.4) is 0 Å². The summed E-state index contributed by atoms with van der Waals surface area (Å²) in [6, 6.07) is 3.09. The number of halogens is 5. The summed E-state index contributed by atoms with van der Waals surface area (Å²) in [5, 5.41) is 17.7. The van der Waals surface area contributed by atoms with Gasteiger partial charge in [0, 0.05) is 17.1 Å². The molecule has 0 amide bonds. The Hall–Kier alpha value is -0.930. The second kappa shape index (κ2) is 5.45. The molecule has 0 saturated heterocycles. The average Bonchev–Trinajstić information content (AvgIpc) is 2.67. The van der Waals surface area contributed by atoms with Gasteiger partial charge >= 0.3 is 6.18 Å². The minimum atomic E-state index is -4.48. The number of hydrogen-bond donors (Lipinski definition) is 1. The van der Waals surface area contributed by atoms with Crippen molar-refractivity contribution < 1.29 is 18.3 Å². The van der Waals surface area contributed by atoms with E-state index in [1.807, 2.05) is 0 Å². The van der Waals surface area contributed by atoms with Crippen LogP contribution in [0, 0.1) is 0 Å². The van der Waals surface area contributed by atoms with Crippen LogP contribution < -0.4 is 0 Å². The predicted molar refractivity (Wildman–Crippen MR) is 71.9 cm³/mol. The molecule has 0 aliphatic rings. The van der Waals surface area contributed by atoms with Crippen molar-refractivity contribution in [1.82, 2.24) is 15.0 Å². The molecule has 0 aliphatic heterocycles. The maximum Gasteiger partial charge on any atom is 0.416 e. The summed E-state index contributed by atoms with van der Waals surface area (Å²) < 4.78 is 40.1. The largest absolute Gasteiger partial charge is 0.416 e. The van der Waals surface area contributed by atoms with Gasteiger partial charge in [0.1, 0.15) is 11.8 Å². The van der Waals surface area contributed by atoms with E-state index in [4.69, 9.17) is 0 Å². The third-order valence-corrected chi connectivity index (χ3v) is 3.99. The summed E-state index contributed by atoms with van der Waals surface area (Å²) >= 11 is 6.25. The van der Waals surface area contributed by atoms with Crippen LogP contribution in [0.2, 0.25) is 0 Å². The number of benzene rings is 1. The lowest BCUT2D eigenvalue weighted by molar-refractivity contribution is -0.137. The average molecular weight is 415 g/mol. The van der Waals surface area contributed by atoms with Crippen LogP contribution in [-0.2, 0) is 13.2 Å². The minimum absolute atomic E-state index is 0.0888. The number of aromatic nitrogens is 3. The number of aliphatic hydroxyl groups is 1. The van der Waals surface area contributed by atoms with Crippen molar-refractivity contribution in [3.63, 3.8) is 0 Å². The number of hydrogen-bond acceptors (Lipinski definition) is 3. The van der Waals surface area contributed by atoms with Crippen LogP contribution in [0.4, 0.5) is 13.2 Å². The Morgan fingerprint density at radius 1 is 1.30 bits per heavy atom. The van der Waals surface area contributed by atoms with Gasteiger partial charge in [0.2, 0.25) is 0 Å². The molecular weight excluding hydrogens is 407 g/mol. The molecule has 0 radical (unpaired) electrons. The summed E-state index contributed by atoms with van der Waals surface area (Å²) in [6.45, 7) is 0. The van der Waals surface area contributed by atoms with Gasteiger partial charge in [-0.05, 0) is 34.1 Å². The van der Waals surface area contributed by atoms with Crippen molar-refractivity contribution in [2.75, 3.05) is 0 Å². The van der Waals surface area contributed by atoms with Crippen LogP contribution in [-0.4, -0.2) is 20.1 Å². The zero-order valence-corrected chi connectivity index (χ0v) is 13.2. The second-order valence-corrected chi connectivity index (χ2v) is 5.63. The fourth-order valence-electron chi connectivity index (χ4n) is 1.71. The molecular formula is C11H8Br2F3N3O. The van der Waals surface area contributed by atoms with E-state index in [9.17, 15) is 18.3 Å². The highest BCUT2D eigenvalue weighted by Gasteiger charge is 2.32. The predicted octanol–water partition coefficient (Wildman–Crippen LogP) is 3.44. The van der Waals surface area contributed by atoms with Crippen LogP contribution in [0.25, 0.3) is 0 Å². The molecule has 1 aromatic heterocycles. The van der Waals surface area contributed by atoms with E-state index in [1.165, 1.54) is 17.8 Å². The summed E-state index contributed by atoms with van der Waals surface area (Å²) in [6.07, 6.45) is -5.77. The van der Waals surface area contributed by atoms with Gasteiger partial charge in [-0.15, -0.1) is 5.10 Å². The van der Waals surface area contributed by atoms with Crippen LogP contribution in [0.15, 0.2) is 27.3 Å². The molecule has 1 atom stereocenters. The van der Waals surface area contributed by atoms with E-state index in [-0.39, 0.29) is 15.9 Å². The number of nitrogens with zero attached hydrogens (tertiary/aromatic N) is 3. The van der Waals surface area contributed by atoms with Crippen molar-refractivity contribution in [2.45, 2.75) is 12.3 Å². The molecule has 9 heteroatoms. The Morgan fingerprint density at radius 2 is 1.95 bits per heavy atom. The molecule has 1 unspecified atom stereocenters. The highest BCUT2D eigenvalue weighted by molar-refractivity contribution is 9.10. The van der Waals surface area contributed by atoms with E-state index in [0.717, 1.165) is 12.1 Å². The lowest BCUT2D eigenvalue weighted by atomic mass is 10.0. The standard InChI is InChI=1S/C11H8Br2F3N3O/c1-19-8(10(13)17-18-19)9(20)6-4-5(11(14,15)16)2-3-7(6)12/h2-4,9,20H,1H3. The monoisotopic (exact) mass is 413 g/mol. The number of alkyl halides is 3. The van der Waals surface area contributed by atoms with Crippen LogP contribution in [0.1, 0.15) is 22.9 Å². The lowest BCUT2D eigenvalue weighted by Gasteiger charge is -2.15. The molecule has 4 nitrogen and oxygen atoms in total. The van der Waals surface area contributed by atoms with Crippen LogP contribution >= 0.6 is 31.9 Å². The molecule has 0 bridgehead atoms. The van der Waals surface area contributed by atoms with Gasteiger partial charge in [-0.1, -0.05) is 21.1 Å². The van der Waals surface area contributed by atoms with E-state index >= 15 is 0 Å². The summed E-state index contributed by atoms with van der Waals surface area (Å²) in [5.41, 5.74) is -0.475. The molecule has 1 heterocycles. The van der Waals surface area contributed by atoms with Gasteiger partial charge in [-0.25, -0.2) is 4.68 Å². The third-order valence-electron chi connectivity index (χ3n) is 2.70. The van der Waals surface area contributed by atoms with Gasteiger partial charge in [0.25, 0.3) is 0 Å². The normalized spacial score (nSPS) is 13.6. The first kappa shape index (κ1) is 15.5. The van der Waals surface area contributed by atoms with E-state index in [1.54, 1.807) is 0 Å². The molecule has 20 heavy (non-hydrogen) atoms. The molecule has 1 aromatic carbocycles. The van der Waals surface area contributed by atoms with Gasteiger partial charge in [-0.3, -0.25) is 0 Å². The van der Waals surface area contributed by atoms with Crippen molar-refractivity contribution in [3.8, 4) is 0 Å². The van der Waals surface area contributed by atoms with Gasteiger partial charge in [0.15, 0.2) is 4.60 Å².